The standard InChI is InChI=1S/C20H19ClN2O2/c1-13-9-14(2)20(15(3)10-13)25-16-5-6-17(18(21)11-16)19(24)12-23-8-4-7-22-23/h4-11H,12H2,1-3H3. The molecule has 128 valence electrons. The van der Waals surface area contributed by atoms with E-state index in [0.29, 0.717) is 16.3 Å². The Morgan fingerprint density at radius 3 is 2.48 bits per heavy atom. The van der Waals surface area contributed by atoms with Crippen LogP contribution < -0.4 is 4.74 Å². The molecule has 0 N–H and O–H groups in total. The highest BCUT2D eigenvalue weighted by Gasteiger charge is 2.13. The van der Waals surface area contributed by atoms with Crippen LogP contribution in [0.25, 0.3) is 0 Å². The second-order valence-corrected chi connectivity index (χ2v) is 6.51. The Hall–Kier alpha value is -2.59. The topological polar surface area (TPSA) is 44.1 Å². The van der Waals surface area contributed by atoms with Gasteiger partial charge in [0, 0.05) is 24.0 Å². The number of aryl methyl sites for hydroxylation is 3. The number of benzene rings is 2. The quantitative estimate of drug-likeness (QED) is 0.596. The van der Waals surface area contributed by atoms with Gasteiger partial charge in [0.1, 0.15) is 18.0 Å². The number of carbonyl (C=O) groups excluding carboxylic acids is 1. The monoisotopic (exact) mass is 354 g/mol. The summed E-state index contributed by atoms with van der Waals surface area (Å²) >= 11 is 6.30. The van der Waals surface area contributed by atoms with Crippen molar-refractivity contribution in [3.63, 3.8) is 0 Å². The van der Waals surface area contributed by atoms with Crippen LogP contribution in [0.2, 0.25) is 5.02 Å². The molecule has 5 heteroatoms. The van der Waals surface area contributed by atoms with Crippen molar-refractivity contribution in [3.8, 4) is 11.5 Å². The van der Waals surface area contributed by atoms with Crippen LogP contribution in [-0.2, 0) is 6.54 Å². The van der Waals surface area contributed by atoms with E-state index in [1.807, 2.05) is 13.8 Å². The van der Waals surface area contributed by atoms with Crippen molar-refractivity contribution in [1.29, 1.82) is 0 Å². The molecule has 0 radical (unpaired) electrons. The minimum absolute atomic E-state index is 0.0945. The van der Waals surface area contributed by atoms with Gasteiger partial charge in [-0.1, -0.05) is 29.3 Å². The number of hydrogen-bond donors (Lipinski definition) is 0. The summed E-state index contributed by atoms with van der Waals surface area (Å²) < 4.78 is 7.57. The molecule has 2 aromatic carbocycles. The van der Waals surface area contributed by atoms with E-state index < -0.39 is 0 Å². The number of hydrogen-bond acceptors (Lipinski definition) is 3. The summed E-state index contributed by atoms with van der Waals surface area (Å²) in [5, 5.41) is 4.41. The molecule has 0 atom stereocenters. The second-order valence-electron chi connectivity index (χ2n) is 6.10. The van der Waals surface area contributed by atoms with Gasteiger partial charge in [-0.15, -0.1) is 0 Å². The number of ether oxygens (including phenoxy) is 1. The molecule has 3 rings (SSSR count). The van der Waals surface area contributed by atoms with E-state index in [9.17, 15) is 4.79 Å². The van der Waals surface area contributed by atoms with Crippen LogP contribution in [0.5, 0.6) is 11.5 Å². The highest BCUT2D eigenvalue weighted by atomic mass is 35.5. The first-order valence-corrected chi connectivity index (χ1v) is 8.37. The van der Waals surface area contributed by atoms with Crippen LogP contribution in [0, 0.1) is 20.8 Å². The van der Waals surface area contributed by atoms with Gasteiger partial charge in [-0.3, -0.25) is 9.48 Å². The Morgan fingerprint density at radius 2 is 1.88 bits per heavy atom. The Morgan fingerprint density at radius 1 is 1.16 bits per heavy atom. The summed E-state index contributed by atoms with van der Waals surface area (Å²) in [5.41, 5.74) is 3.78. The summed E-state index contributed by atoms with van der Waals surface area (Å²) in [7, 11) is 0. The summed E-state index contributed by atoms with van der Waals surface area (Å²) in [5.74, 6) is 1.33. The lowest BCUT2D eigenvalue weighted by Gasteiger charge is -2.14. The van der Waals surface area contributed by atoms with E-state index >= 15 is 0 Å². The lowest BCUT2D eigenvalue weighted by Crippen LogP contribution is -2.11. The van der Waals surface area contributed by atoms with Gasteiger partial charge < -0.3 is 4.74 Å². The van der Waals surface area contributed by atoms with Crippen molar-refractivity contribution in [3.05, 3.63) is 76.1 Å². The third-order valence-corrected chi connectivity index (χ3v) is 4.24. The number of nitrogens with zero attached hydrogens (tertiary/aromatic N) is 2. The number of ketones is 1. The summed E-state index contributed by atoms with van der Waals surface area (Å²) in [6.45, 7) is 6.24. The van der Waals surface area contributed by atoms with Crippen molar-refractivity contribution in [2.24, 2.45) is 0 Å². The first-order chi connectivity index (χ1) is 11.9. The molecule has 0 amide bonds. The molecule has 25 heavy (non-hydrogen) atoms. The predicted octanol–water partition coefficient (Wildman–Crippen LogP) is 5.14. The molecular formula is C20H19ClN2O2. The van der Waals surface area contributed by atoms with Crippen LogP contribution in [0.1, 0.15) is 27.0 Å². The van der Waals surface area contributed by atoms with E-state index in [1.54, 1.807) is 41.3 Å². The number of carbonyl (C=O) groups is 1. The van der Waals surface area contributed by atoms with E-state index in [0.717, 1.165) is 16.9 Å². The molecule has 0 saturated heterocycles. The number of halogens is 1. The third kappa shape index (κ3) is 3.91. The minimum atomic E-state index is -0.0945. The molecule has 4 nitrogen and oxygen atoms in total. The zero-order valence-corrected chi connectivity index (χ0v) is 15.2. The average Bonchev–Trinajstić information content (AvgIpc) is 3.03. The summed E-state index contributed by atoms with van der Waals surface area (Å²) in [4.78, 5) is 12.4. The van der Waals surface area contributed by atoms with Crippen molar-refractivity contribution in [1.82, 2.24) is 9.78 Å². The zero-order chi connectivity index (χ0) is 18.0. The van der Waals surface area contributed by atoms with Crippen LogP contribution >= 0.6 is 11.6 Å². The highest BCUT2D eigenvalue weighted by molar-refractivity contribution is 6.34. The fraction of sp³-hybridized carbons (Fsp3) is 0.200. The Labute approximate surface area is 152 Å². The first kappa shape index (κ1) is 17.2. The average molecular weight is 355 g/mol. The maximum Gasteiger partial charge on any atom is 0.185 e. The molecule has 0 unspecified atom stereocenters. The molecule has 3 aromatic rings. The van der Waals surface area contributed by atoms with E-state index in [-0.39, 0.29) is 12.3 Å². The van der Waals surface area contributed by atoms with Gasteiger partial charge in [0.2, 0.25) is 0 Å². The van der Waals surface area contributed by atoms with Crippen molar-refractivity contribution < 1.29 is 9.53 Å². The van der Waals surface area contributed by atoms with Gasteiger partial charge in [-0.25, -0.2) is 0 Å². The lowest BCUT2D eigenvalue weighted by molar-refractivity contribution is 0.0968. The van der Waals surface area contributed by atoms with Crippen molar-refractivity contribution >= 4 is 17.4 Å². The molecule has 1 heterocycles. The molecule has 0 saturated carbocycles. The van der Waals surface area contributed by atoms with Crippen LogP contribution in [0.4, 0.5) is 0 Å². The molecule has 0 spiro atoms. The van der Waals surface area contributed by atoms with Gasteiger partial charge >= 0.3 is 0 Å². The van der Waals surface area contributed by atoms with E-state index in [4.69, 9.17) is 16.3 Å². The Balaban J connectivity index is 1.81. The molecule has 0 aliphatic heterocycles. The molecule has 1 aromatic heterocycles. The lowest BCUT2D eigenvalue weighted by atomic mass is 10.1. The first-order valence-electron chi connectivity index (χ1n) is 8.00. The van der Waals surface area contributed by atoms with Gasteiger partial charge in [0.05, 0.1) is 5.02 Å². The largest absolute Gasteiger partial charge is 0.457 e. The Kier molecular flexibility index (Phi) is 4.91. The zero-order valence-electron chi connectivity index (χ0n) is 14.4. The third-order valence-electron chi connectivity index (χ3n) is 3.93. The normalized spacial score (nSPS) is 10.7. The van der Waals surface area contributed by atoms with Gasteiger partial charge in [-0.05, 0) is 50.1 Å². The smallest absolute Gasteiger partial charge is 0.185 e. The molecule has 0 aliphatic rings. The van der Waals surface area contributed by atoms with Crippen LogP contribution in [0.3, 0.4) is 0 Å². The van der Waals surface area contributed by atoms with Crippen LogP contribution in [0.15, 0.2) is 48.8 Å². The van der Waals surface area contributed by atoms with Crippen molar-refractivity contribution in [2.45, 2.75) is 27.3 Å². The maximum absolute atomic E-state index is 12.4. The van der Waals surface area contributed by atoms with E-state index in [2.05, 4.69) is 24.2 Å². The molecular weight excluding hydrogens is 336 g/mol. The molecule has 0 bridgehead atoms. The minimum Gasteiger partial charge on any atom is -0.457 e. The van der Waals surface area contributed by atoms with E-state index in [1.165, 1.54) is 5.56 Å². The Bertz CT molecular complexity index is 894. The van der Waals surface area contributed by atoms with Gasteiger partial charge in [-0.2, -0.15) is 5.10 Å². The maximum atomic E-state index is 12.4. The molecule has 0 aliphatic carbocycles. The molecule has 0 fully saturated rings. The fourth-order valence-corrected chi connectivity index (χ4v) is 3.13. The summed E-state index contributed by atoms with van der Waals surface area (Å²) in [6.07, 6.45) is 3.38. The predicted molar refractivity (Wildman–Crippen MR) is 98.7 cm³/mol. The number of rotatable bonds is 5. The van der Waals surface area contributed by atoms with Gasteiger partial charge in [0.25, 0.3) is 0 Å². The van der Waals surface area contributed by atoms with Crippen LogP contribution in [-0.4, -0.2) is 15.6 Å². The SMILES string of the molecule is Cc1cc(C)c(Oc2ccc(C(=O)Cn3cccn3)c(Cl)c2)c(C)c1. The fourth-order valence-electron chi connectivity index (χ4n) is 2.86. The number of Topliss-reactive ketones (excluding diaryl/α,β-unsaturated/α-hetero) is 1. The number of aromatic nitrogens is 2. The highest BCUT2D eigenvalue weighted by Crippen LogP contribution is 2.32. The van der Waals surface area contributed by atoms with Gasteiger partial charge in [0.15, 0.2) is 5.78 Å². The van der Waals surface area contributed by atoms with Crippen molar-refractivity contribution in [2.75, 3.05) is 0 Å². The summed E-state index contributed by atoms with van der Waals surface area (Å²) in [6, 6.07) is 11.1. The second kappa shape index (κ2) is 7.11.